The fourth-order valence-corrected chi connectivity index (χ4v) is 2.24. The second-order valence-electron chi connectivity index (χ2n) is 5.03. The molecule has 0 spiro atoms. The molecule has 116 valence electrons. The highest BCUT2D eigenvalue weighted by Crippen LogP contribution is 2.22. The van der Waals surface area contributed by atoms with E-state index in [4.69, 9.17) is 0 Å². The Morgan fingerprint density at radius 3 is 2.73 bits per heavy atom. The molecule has 2 aromatic rings. The molecule has 1 aromatic heterocycles. The van der Waals surface area contributed by atoms with Crippen LogP contribution in [0.5, 0.6) is 0 Å². The van der Waals surface area contributed by atoms with Crippen molar-refractivity contribution in [2.24, 2.45) is 0 Å². The monoisotopic (exact) mass is 302 g/mol. The van der Waals surface area contributed by atoms with Crippen LogP contribution in [0.25, 0.3) is 0 Å². The Hall–Kier alpha value is -2.70. The zero-order chi connectivity index (χ0) is 16.3. The molecular formula is C15H18N4O3. The highest BCUT2D eigenvalue weighted by Gasteiger charge is 2.20. The smallest absolute Gasteiger partial charge is 0.273 e. The summed E-state index contributed by atoms with van der Waals surface area (Å²) in [4.78, 5) is 24.5. The molecule has 0 radical (unpaired) electrons. The van der Waals surface area contributed by atoms with Crippen LogP contribution in [0, 0.1) is 17.0 Å². The quantitative estimate of drug-likeness (QED) is 0.627. The van der Waals surface area contributed by atoms with Gasteiger partial charge >= 0.3 is 0 Å². The van der Waals surface area contributed by atoms with Crippen LogP contribution in [0.15, 0.2) is 30.5 Å². The van der Waals surface area contributed by atoms with Crippen LogP contribution in [0.4, 0.5) is 5.69 Å². The van der Waals surface area contributed by atoms with Gasteiger partial charge in [-0.3, -0.25) is 19.6 Å². The number of carbonyl (C=O) groups is 1. The molecule has 0 N–H and O–H groups in total. The topological polar surface area (TPSA) is 81.3 Å². The van der Waals surface area contributed by atoms with Gasteiger partial charge in [-0.05, 0) is 26.0 Å². The third-order valence-electron chi connectivity index (χ3n) is 3.50. The molecule has 0 unspecified atom stereocenters. The summed E-state index contributed by atoms with van der Waals surface area (Å²) in [5.74, 6) is -0.257. The Morgan fingerprint density at radius 1 is 1.41 bits per heavy atom. The first-order chi connectivity index (χ1) is 10.4. The number of hydrogen-bond acceptors (Lipinski definition) is 4. The lowest BCUT2D eigenvalue weighted by atomic mass is 10.1. The van der Waals surface area contributed by atoms with E-state index in [1.54, 1.807) is 24.7 Å². The minimum Gasteiger partial charge on any atom is -0.336 e. The van der Waals surface area contributed by atoms with E-state index in [-0.39, 0.29) is 11.6 Å². The molecule has 0 aliphatic heterocycles. The highest BCUT2D eigenvalue weighted by atomic mass is 16.6. The fourth-order valence-electron chi connectivity index (χ4n) is 2.24. The first kappa shape index (κ1) is 15.7. The molecule has 0 aliphatic carbocycles. The van der Waals surface area contributed by atoms with E-state index >= 15 is 0 Å². The molecule has 0 atom stereocenters. The number of amides is 1. The predicted octanol–water partition coefficient (Wildman–Crippen LogP) is 2.39. The Bertz CT molecular complexity index is 709. The van der Waals surface area contributed by atoms with Gasteiger partial charge in [0, 0.05) is 37.0 Å². The molecule has 7 nitrogen and oxygen atoms in total. The highest BCUT2D eigenvalue weighted by molar-refractivity contribution is 5.96. The number of nitro benzene ring substituents is 1. The molecule has 0 saturated heterocycles. The lowest BCUT2D eigenvalue weighted by Gasteiger charge is -2.17. The molecular weight excluding hydrogens is 284 g/mol. The molecule has 7 heteroatoms. The van der Waals surface area contributed by atoms with Gasteiger partial charge in [0.15, 0.2) is 0 Å². The summed E-state index contributed by atoms with van der Waals surface area (Å²) < 4.78 is 1.78. The molecule has 0 saturated carbocycles. The predicted molar refractivity (Wildman–Crippen MR) is 81.5 cm³/mol. The Kier molecular flexibility index (Phi) is 4.55. The Labute approximate surface area is 128 Å². The Balaban J connectivity index is 2.20. The lowest BCUT2D eigenvalue weighted by molar-refractivity contribution is -0.385. The van der Waals surface area contributed by atoms with Crippen molar-refractivity contribution < 1.29 is 9.72 Å². The van der Waals surface area contributed by atoms with Crippen LogP contribution < -0.4 is 0 Å². The van der Waals surface area contributed by atoms with Crippen LogP contribution in [0.2, 0.25) is 0 Å². The summed E-state index contributed by atoms with van der Waals surface area (Å²) in [6.45, 7) is 4.69. The molecule has 2 rings (SSSR count). The normalized spacial score (nSPS) is 10.5. The SMILES string of the molecule is CCn1ccc(CN(C)C(=O)c2cccc([N+](=O)[O-])c2C)n1. The van der Waals surface area contributed by atoms with Crippen molar-refractivity contribution in [3.63, 3.8) is 0 Å². The van der Waals surface area contributed by atoms with E-state index in [2.05, 4.69) is 5.10 Å². The van der Waals surface area contributed by atoms with Crippen molar-refractivity contribution in [3.8, 4) is 0 Å². The molecule has 22 heavy (non-hydrogen) atoms. The average Bonchev–Trinajstić information content (AvgIpc) is 2.94. The van der Waals surface area contributed by atoms with E-state index in [9.17, 15) is 14.9 Å². The number of benzene rings is 1. The van der Waals surface area contributed by atoms with Crippen LogP contribution in [-0.2, 0) is 13.1 Å². The number of nitrogens with zero attached hydrogens (tertiary/aromatic N) is 4. The summed E-state index contributed by atoms with van der Waals surface area (Å²) in [5, 5.41) is 15.3. The van der Waals surface area contributed by atoms with Crippen LogP contribution in [-0.4, -0.2) is 32.6 Å². The minimum absolute atomic E-state index is 0.0467. The maximum absolute atomic E-state index is 12.5. The largest absolute Gasteiger partial charge is 0.336 e. The average molecular weight is 302 g/mol. The standard InChI is InChI=1S/C15H18N4O3/c1-4-18-9-8-12(16-18)10-17(3)15(20)13-6-5-7-14(11(13)2)19(21)22/h5-9H,4,10H2,1-3H3. The van der Waals surface area contributed by atoms with E-state index in [0.717, 1.165) is 12.2 Å². The van der Waals surface area contributed by atoms with Crippen molar-refractivity contribution in [1.29, 1.82) is 0 Å². The first-order valence-electron chi connectivity index (χ1n) is 6.95. The van der Waals surface area contributed by atoms with E-state index in [1.807, 2.05) is 19.2 Å². The number of rotatable bonds is 5. The van der Waals surface area contributed by atoms with E-state index in [1.165, 1.54) is 17.0 Å². The summed E-state index contributed by atoms with van der Waals surface area (Å²) in [7, 11) is 1.66. The van der Waals surface area contributed by atoms with Gasteiger partial charge in [0.05, 0.1) is 17.2 Å². The third kappa shape index (κ3) is 3.13. The van der Waals surface area contributed by atoms with Crippen molar-refractivity contribution in [3.05, 3.63) is 57.4 Å². The van der Waals surface area contributed by atoms with Crippen LogP contribution in [0.3, 0.4) is 0 Å². The zero-order valence-corrected chi connectivity index (χ0v) is 12.8. The summed E-state index contributed by atoms with van der Waals surface area (Å²) in [6, 6.07) is 6.38. The number of aromatic nitrogens is 2. The van der Waals surface area contributed by atoms with Gasteiger partial charge in [-0.15, -0.1) is 0 Å². The van der Waals surface area contributed by atoms with E-state index < -0.39 is 4.92 Å². The lowest BCUT2D eigenvalue weighted by Crippen LogP contribution is -2.27. The number of nitro groups is 1. The van der Waals surface area contributed by atoms with Gasteiger partial charge in [0.1, 0.15) is 0 Å². The molecule has 0 bridgehead atoms. The van der Waals surface area contributed by atoms with Gasteiger partial charge in [-0.1, -0.05) is 6.07 Å². The number of carbonyl (C=O) groups excluding carboxylic acids is 1. The number of hydrogen-bond donors (Lipinski definition) is 0. The van der Waals surface area contributed by atoms with Gasteiger partial charge in [-0.25, -0.2) is 0 Å². The van der Waals surface area contributed by atoms with Gasteiger partial charge < -0.3 is 4.90 Å². The van der Waals surface area contributed by atoms with Crippen LogP contribution in [0.1, 0.15) is 28.5 Å². The van der Waals surface area contributed by atoms with Crippen molar-refractivity contribution in [2.75, 3.05) is 7.05 Å². The summed E-state index contributed by atoms with van der Waals surface area (Å²) in [5.41, 5.74) is 1.45. The number of aryl methyl sites for hydroxylation is 1. The van der Waals surface area contributed by atoms with Crippen molar-refractivity contribution >= 4 is 11.6 Å². The van der Waals surface area contributed by atoms with Gasteiger partial charge in [0.2, 0.25) is 0 Å². The minimum atomic E-state index is -0.477. The molecule has 1 amide bonds. The molecule has 0 fully saturated rings. The van der Waals surface area contributed by atoms with Crippen molar-refractivity contribution in [1.82, 2.24) is 14.7 Å². The van der Waals surface area contributed by atoms with Gasteiger partial charge in [-0.2, -0.15) is 5.10 Å². The second-order valence-corrected chi connectivity index (χ2v) is 5.03. The summed E-state index contributed by atoms with van der Waals surface area (Å²) in [6.07, 6.45) is 1.85. The second kappa shape index (κ2) is 6.38. The first-order valence-corrected chi connectivity index (χ1v) is 6.95. The van der Waals surface area contributed by atoms with Crippen molar-refractivity contribution in [2.45, 2.75) is 26.9 Å². The maximum atomic E-state index is 12.5. The van der Waals surface area contributed by atoms with Gasteiger partial charge in [0.25, 0.3) is 11.6 Å². The molecule has 1 heterocycles. The fraction of sp³-hybridized carbons (Fsp3) is 0.333. The Morgan fingerprint density at radius 2 is 2.14 bits per heavy atom. The third-order valence-corrected chi connectivity index (χ3v) is 3.50. The maximum Gasteiger partial charge on any atom is 0.273 e. The van der Waals surface area contributed by atoms with E-state index in [0.29, 0.717) is 17.7 Å². The zero-order valence-electron chi connectivity index (χ0n) is 12.8. The molecule has 1 aromatic carbocycles. The molecule has 0 aliphatic rings. The van der Waals surface area contributed by atoms with Crippen LogP contribution >= 0.6 is 0 Å². The summed E-state index contributed by atoms with van der Waals surface area (Å²) >= 11 is 0.